The van der Waals surface area contributed by atoms with Gasteiger partial charge in [0.2, 0.25) is 5.91 Å². The number of carbonyl (C=O) groups excluding carboxylic acids is 1. The molecule has 0 saturated carbocycles. The standard InChI is InChI=1S/C15H17FN2O2/c1-10-14(11(2)20-18-10)9-17-15(19)8-5-12-3-6-13(16)7-4-12/h3-4,6-7H,5,8-9H2,1-2H3,(H,17,19). The van der Waals surface area contributed by atoms with Crippen molar-refractivity contribution in [3.63, 3.8) is 0 Å². The smallest absolute Gasteiger partial charge is 0.220 e. The first-order valence-electron chi connectivity index (χ1n) is 6.49. The Hall–Kier alpha value is -2.17. The molecule has 0 aliphatic carbocycles. The minimum absolute atomic E-state index is 0.0469. The molecule has 4 nitrogen and oxygen atoms in total. The fourth-order valence-electron chi connectivity index (χ4n) is 1.94. The number of rotatable bonds is 5. The normalized spacial score (nSPS) is 10.6. The molecular formula is C15H17FN2O2. The van der Waals surface area contributed by atoms with Gasteiger partial charge >= 0.3 is 0 Å². The summed E-state index contributed by atoms with van der Waals surface area (Å²) in [5, 5.41) is 6.67. The van der Waals surface area contributed by atoms with Crippen molar-refractivity contribution < 1.29 is 13.7 Å². The lowest BCUT2D eigenvalue weighted by atomic mass is 10.1. The van der Waals surface area contributed by atoms with Crippen molar-refractivity contribution in [1.29, 1.82) is 0 Å². The second kappa shape index (κ2) is 6.32. The quantitative estimate of drug-likeness (QED) is 0.913. The van der Waals surface area contributed by atoms with E-state index in [1.165, 1.54) is 12.1 Å². The van der Waals surface area contributed by atoms with Crippen LogP contribution in [-0.2, 0) is 17.8 Å². The van der Waals surface area contributed by atoms with Gasteiger partial charge in [0, 0.05) is 18.5 Å². The van der Waals surface area contributed by atoms with Gasteiger partial charge in [-0.25, -0.2) is 4.39 Å². The molecule has 5 heteroatoms. The predicted octanol–water partition coefficient (Wildman–Crippen LogP) is 2.68. The lowest BCUT2D eigenvalue weighted by Crippen LogP contribution is -2.23. The van der Waals surface area contributed by atoms with Crippen LogP contribution in [0.4, 0.5) is 4.39 Å². The molecular weight excluding hydrogens is 259 g/mol. The number of hydrogen-bond donors (Lipinski definition) is 1. The zero-order valence-corrected chi connectivity index (χ0v) is 11.6. The second-order valence-corrected chi connectivity index (χ2v) is 4.71. The van der Waals surface area contributed by atoms with Gasteiger partial charge in [0.1, 0.15) is 11.6 Å². The molecule has 0 fully saturated rings. The van der Waals surface area contributed by atoms with E-state index in [-0.39, 0.29) is 11.7 Å². The molecule has 0 saturated heterocycles. The molecule has 0 aliphatic rings. The molecule has 2 aromatic rings. The van der Waals surface area contributed by atoms with Crippen LogP contribution in [0.25, 0.3) is 0 Å². The number of nitrogens with one attached hydrogen (secondary N) is 1. The highest BCUT2D eigenvalue weighted by molar-refractivity contribution is 5.76. The molecule has 0 radical (unpaired) electrons. The van der Waals surface area contributed by atoms with E-state index >= 15 is 0 Å². The van der Waals surface area contributed by atoms with E-state index < -0.39 is 0 Å². The highest BCUT2D eigenvalue weighted by Crippen LogP contribution is 2.11. The van der Waals surface area contributed by atoms with Gasteiger partial charge in [-0.2, -0.15) is 0 Å². The van der Waals surface area contributed by atoms with E-state index in [0.29, 0.717) is 19.4 Å². The minimum atomic E-state index is -0.267. The summed E-state index contributed by atoms with van der Waals surface area (Å²) >= 11 is 0. The zero-order valence-electron chi connectivity index (χ0n) is 11.6. The molecule has 0 atom stereocenters. The first kappa shape index (κ1) is 14.2. The molecule has 1 aromatic carbocycles. The van der Waals surface area contributed by atoms with Gasteiger partial charge in [-0.05, 0) is 38.0 Å². The van der Waals surface area contributed by atoms with Crippen molar-refractivity contribution in [3.05, 3.63) is 52.7 Å². The molecule has 1 heterocycles. The Morgan fingerprint density at radius 2 is 2.00 bits per heavy atom. The maximum atomic E-state index is 12.7. The Labute approximate surface area is 117 Å². The van der Waals surface area contributed by atoms with Crippen molar-refractivity contribution in [2.45, 2.75) is 33.2 Å². The number of halogens is 1. The molecule has 1 amide bonds. The summed E-state index contributed by atoms with van der Waals surface area (Å²) in [6, 6.07) is 6.18. The third kappa shape index (κ3) is 3.66. The van der Waals surface area contributed by atoms with E-state index in [2.05, 4.69) is 10.5 Å². The second-order valence-electron chi connectivity index (χ2n) is 4.71. The summed E-state index contributed by atoms with van der Waals surface area (Å²) in [5.41, 5.74) is 2.65. The Balaban J connectivity index is 1.80. The van der Waals surface area contributed by atoms with Crippen molar-refractivity contribution in [3.8, 4) is 0 Å². The first-order valence-corrected chi connectivity index (χ1v) is 6.49. The Morgan fingerprint density at radius 3 is 2.60 bits per heavy atom. The molecule has 2 rings (SSSR count). The molecule has 0 spiro atoms. The monoisotopic (exact) mass is 276 g/mol. The number of amides is 1. The van der Waals surface area contributed by atoms with Crippen molar-refractivity contribution in [2.24, 2.45) is 0 Å². The number of hydrogen-bond acceptors (Lipinski definition) is 3. The molecule has 1 aromatic heterocycles. The van der Waals surface area contributed by atoms with E-state index in [0.717, 1.165) is 22.6 Å². The van der Waals surface area contributed by atoms with Crippen LogP contribution in [0.2, 0.25) is 0 Å². The van der Waals surface area contributed by atoms with Crippen LogP contribution in [-0.4, -0.2) is 11.1 Å². The maximum Gasteiger partial charge on any atom is 0.220 e. The number of nitrogens with zero attached hydrogens (tertiary/aromatic N) is 1. The van der Waals surface area contributed by atoms with Crippen LogP contribution in [0.5, 0.6) is 0 Å². The third-order valence-corrected chi connectivity index (χ3v) is 3.20. The number of carbonyl (C=O) groups is 1. The van der Waals surface area contributed by atoms with E-state index in [1.807, 2.05) is 13.8 Å². The maximum absolute atomic E-state index is 12.7. The SMILES string of the molecule is Cc1noc(C)c1CNC(=O)CCc1ccc(F)cc1. The van der Waals surface area contributed by atoms with Crippen LogP contribution in [0.3, 0.4) is 0 Å². The molecule has 106 valence electrons. The average molecular weight is 276 g/mol. The first-order chi connectivity index (χ1) is 9.56. The molecule has 1 N–H and O–H groups in total. The van der Waals surface area contributed by atoms with Gasteiger partial charge < -0.3 is 9.84 Å². The summed E-state index contributed by atoms with van der Waals surface area (Å²) < 4.78 is 17.8. The Bertz CT molecular complexity index is 571. The fraction of sp³-hybridized carbons (Fsp3) is 0.333. The van der Waals surface area contributed by atoms with Gasteiger partial charge in [0.15, 0.2) is 0 Å². The number of aryl methyl sites for hydroxylation is 3. The van der Waals surface area contributed by atoms with Crippen LogP contribution >= 0.6 is 0 Å². The summed E-state index contributed by atoms with van der Waals surface area (Å²) in [6.07, 6.45) is 0.961. The predicted molar refractivity (Wildman–Crippen MR) is 72.5 cm³/mol. The number of aromatic nitrogens is 1. The lowest BCUT2D eigenvalue weighted by Gasteiger charge is -2.05. The molecule has 0 unspecified atom stereocenters. The summed E-state index contributed by atoms with van der Waals surface area (Å²) in [4.78, 5) is 11.8. The summed E-state index contributed by atoms with van der Waals surface area (Å²) in [7, 11) is 0. The van der Waals surface area contributed by atoms with E-state index in [9.17, 15) is 9.18 Å². The van der Waals surface area contributed by atoms with Crippen molar-refractivity contribution in [1.82, 2.24) is 10.5 Å². The molecule has 20 heavy (non-hydrogen) atoms. The van der Waals surface area contributed by atoms with Crippen LogP contribution in [0.15, 0.2) is 28.8 Å². The van der Waals surface area contributed by atoms with Crippen LogP contribution < -0.4 is 5.32 Å². The Kier molecular flexibility index (Phi) is 4.50. The van der Waals surface area contributed by atoms with Gasteiger partial charge in [-0.15, -0.1) is 0 Å². The van der Waals surface area contributed by atoms with Gasteiger partial charge in [0.25, 0.3) is 0 Å². The van der Waals surface area contributed by atoms with Crippen LogP contribution in [0.1, 0.15) is 29.0 Å². The van der Waals surface area contributed by atoms with Gasteiger partial charge in [-0.3, -0.25) is 4.79 Å². The fourth-order valence-corrected chi connectivity index (χ4v) is 1.94. The van der Waals surface area contributed by atoms with Gasteiger partial charge in [0.05, 0.1) is 5.69 Å². The van der Waals surface area contributed by atoms with E-state index in [4.69, 9.17) is 4.52 Å². The average Bonchev–Trinajstić information content (AvgIpc) is 2.75. The zero-order chi connectivity index (χ0) is 14.5. The summed E-state index contributed by atoms with van der Waals surface area (Å²) in [5.74, 6) is 0.410. The summed E-state index contributed by atoms with van der Waals surface area (Å²) in [6.45, 7) is 4.08. The topological polar surface area (TPSA) is 55.1 Å². The highest BCUT2D eigenvalue weighted by atomic mass is 19.1. The van der Waals surface area contributed by atoms with Crippen molar-refractivity contribution >= 4 is 5.91 Å². The van der Waals surface area contributed by atoms with Gasteiger partial charge in [-0.1, -0.05) is 17.3 Å². The molecule has 0 aliphatic heterocycles. The minimum Gasteiger partial charge on any atom is -0.361 e. The third-order valence-electron chi connectivity index (χ3n) is 3.20. The van der Waals surface area contributed by atoms with E-state index in [1.54, 1.807) is 12.1 Å². The Morgan fingerprint density at radius 1 is 1.30 bits per heavy atom. The largest absolute Gasteiger partial charge is 0.361 e. The number of benzene rings is 1. The highest BCUT2D eigenvalue weighted by Gasteiger charge is 2.10. The van der Waals surface area contributed by atoms with Crippen molar-refractivity contribution in [2.75, 3.05) is 0 Å². The lowest BCUT2D eigenvalue weighted by molar-refractivity contribution is -0.121. The molecule has 0 bridgehead atoms. The van der Waals surface area contributed by atoms with Crippen LogP contribution in [0, 0.1) is 19.7 Å².